The normalized spacial score (nSPS) is 13.7. The summed E-state index contributed by atoms with van der Waals surface area (Å²) in [5.41, 5.74) is 1.02. The van der Waals surface area contributed by atoms with Crippen LogP contribution in [0.4, 0.5) is 0 Å². The van der Waals surface area contributed by atoms with Crippen LogP contribution in [0, 0.1) is 5.41 Å². The SMILES string of the molecule is CCC(C(=O)c1ccccc1)N(C)CC(C)(C)C. The van der Waals surface area contributed by atoms with Crippen molar-refractivity contribution in [3.8, 4) is 0 Å². The number of hydrogen-bond donors (Lipinski definition) is 0. The molecular weight excluding hydrogens is 222 g/mol. The number of Topliss-reactive ketones (excluding diaryl/α,β-unsaturated/α-hetero) is 1. The third-order valence-electron chi connectivity index (χ3n) is 3.00. The summed E-state index contributed by atoms with van der Waals surface area (Å²) in [6.45, 7) is 9.59. The monoisotopic (exact) mass is 247 g/mol. The number of carbonyl (C=O) groups excluding carboxylic acids is 1. The van der Waals surface area contributed by atoms with E-state index in [0.29, 0.717) is 0 Å². The summed E-state index contributed by atoms with van der Waals surface area (Å²) in [7, 11) is 2.04. The van der Waals surface area contributed by atoms with Crippen LogP contribution in [0.3, 0.4) is 0 Å². The second-order valence-corrected chi connectivity index (χ2v) is 6.13. The fourth-order valence-electron chi connectivity index (χ4n) is 2.35. The van der Waals surface area contributed by atoms with Crippen molar-refractivity contribution in [1.29, 1.82) is 0 Å². The lowest BCUT2D eigenvalue weighted by atomic mass is 9.93. The van der Waals surface area contributed by atoms with Crippen molar-refractivity contribution in [3.63, 3.8) is 0 Å². The standard InChI is InChI=1S/C16H25NO/c1-6-14(17(5)12-16(2,3)4)15(18)13-10-8-7-9-11-13/h7-11,14H,6,12H2,1-5H3. The zero-order valence-corrected chi connectivity index (χ0v) is 12.2. The van der Waals surface area contributed by atoms with E-state index in [4.69, 9.17) is 0 Å². The van der Waals surface area contributed by atoms with Gasteiger partial charge in [0, 0.05) is 12.1 Å². The van der Waals surface area contributed by atoms with E-state index in [1.54, 1.807) is 0 Å². The molecule has 0 fully saturated rings. The Balaban J connectivity index is 2.81. The van der Waals surface area contributed by atoms with Crippen molar-refractivity contribution in [2.75, 3.05) is 13.6 Å². The maximum Gasteiger partial charge on any atom is 0.179 e. The van der Waals surface area contributed by atoms with Gasteiger partial charge in [-0.05, 0) is 18.9 Å². The van der Waals surface area contributed by atoms with Gasteiger partial charge in [0.1, 0.15) is 0 Å². The number of ketones is 1. The van der Waals surface area contributed by atoms with Crippen LogP contribution in [0.5, 0.6) is 0 Å². The van der Waals surface area contributed by atoms with Gasteiger partial charge in [0.25, 0.3) is 0 Å². The topological polar surface area (TPSA) is 20.3 Å². The lowest BCUT2D eigenvalue weighted by molar-refractivity contribution is 0.0803. The van der Waals surface area contributed by atoms with E-state index >= 15 is 0 Å². The van der Waals surface area contributed by atoms with Crippen molar-refractivity contribution in [2.24, 2.45) is 5.41 Å². The largest absolute Gasteiger partial charge is 0.296 e. The molecule has 1 unspecified atom stereocenters. The van der Waals surface area contributed by atoms with E-state index in [0.717, 1.165) is 18.5 Å². The molecule has 0 aromatic heterocycles. The number of likely N-dealkylation sites (N-methyl/N-ethyl adjacent to an activating group) is 1. The molecule has 0 radical (unpaired) electrons. The Labute approximate surface area is 111 Å². The fourth-order valence-corrected chi connectivity index (χ4v) is 2.35. The molecule has 0 N–H and O–H groups in total. The van der Waals surface area contributed by atoms with Crippen molar-refractivity contribution < 1.29 is 4.79 Å². The first-order valence-electron chi connectivity index (χ1n) is 6.64. The number of rotatable bonds is 5. The minimum atomic E-state index is -0.0216. The smallest absolute Gasteiger partial charge is 0.179 e. The Hall–Kier alpha value is -1.15. The summed E-state index contributed by atoms with van der Waals surface area (Å²) in [6, 6.07) is 9.56. The summed E-state index contributed by atoms with van der Waals surface area (Å²) in [5, 5.41) is 0. The van der Waals surface area contributed by atoms with Crippen LogP contribution in [-0.2, 0) is 0 Å². The number of hydrogen-bond acceptors (Lipinski definition) is 2. The Morgan fingerprint density at radius 1 is 1.22 bits per heavy atom. The van der Waals surface area contributed by atoms with Gasteiger partial charge in [-0.3, -0.25) is 9.69 Å². The molecule has 0 aliphatic heterocycles. The van der Waals surface area contributed by atoms with Crippen molar-refractivity contribution in [2.45, 2.75) is 40.2 Å². The third kappa shape index (κ3) is 4.26. The molecule has 18 heavy (non-hydrogen) atoms. The summed E-state index contributed by atoms with van der Waals surface area (Å²) < 4.78 is 0. The van der Waals surface area contributed by atoms with Crippen molar-refractivity contribution in [1.82, 2.24) is 4.90 Å². The molecule has 1 aromatic rings. The van der Waals surface area contributed by atoms with E-state index < -0.39 is 0 Å². The van der Waals surface area contributed by atoms with E-state index in [1.165, 1.54) is 0 Å². The number of carbonyl (C=O) groups is 1. The highest BCUT2D eigenvalue weighted by molar-refractivity contribution is 6.00. The zero-order valence-electron chi connectivity index (χ0n) is 12.2. The number of nitrogens with zero attached hydrogens (tertiary/aromatic N) is 1. The molecule has 0 spiro atoms. The van der Waals surface area contributed by atoms with Gasteiger partial charge in [0.15, 0.2) is 5.78 Å². The molecule has 0 bridgehead atoms. The van der Waals surface area contributed by atoms with Crippen LogP contribution < -0.4 is 0 Å². The van der Waals surface area contributed by atoms with Crippen molar-refractivity contribution >= 4 is 5.78 Å². The molecule has 0 saturated carbocycles. The van der Waals surface area contributed by atoms with Gasteiger partial charge in [-0.2, -0.15) is 0 Å². The predicted octanol–water partition coefficient (Wildman–Crippen LogP) is 3.63. The van der Waals surface area contributed by atoms with Crippen molar-refractivity contribution in [3.05, 3.63) is 35.9 Å². The van der Waals surface area contributed by atoms with E-state index in [-0.39, 0.29) is 17.2 Å². The molecule has 1 atom stereocenters. The van der Waals surface area contributed by atoms with Gasteiger partial charge in [0.2, 0.25) is 0 Å². The van der Waals surface area contributed by atoms with Gasteiger partial charge >= 0.3 is 0 Å². The van der Waals surface area contributed by atoms with Crippen LogP contribution in [-0.4, -0.2) is 30.3 Å². The second-order valence-electron chi connectivity index (χ2n) is 6.13. The summed E-state index contributed by atoms with van der Waals surface area (Å²) in [6.07, 6.45) is 0.848. The highest BCUT2D eigenvalue weighted by Crippen LogP contribution is 2.18. The molecule has 0 heterocycles. The molecule has 0 aliphatic rings. The first-order chi connectivity index (χ1) is 8.35. The minimum Gasteiger partial charge on any atom is -0.296 e. The quantitative estimate of drug-likeness (QED) is 0.741. The highest BCUT2D eigenvalue weighted by Gasteiger charge is 2.25. The number of benzene rings is 1. The molecule has 2 nitrogen and oxygen atoms in total. The Morgan fingerprint density at radius 3 is 2.22 bits per heavy atom. The maximum atomic E-state index is 12.5. The predicted molar refractivity (Wildman–Crippen MR) is 76.9 cm³/mol. The summed E-state index contributed by atoms with van der Waals surface area (Å²) >= 11 is 0. The van der Waals surface area contributed by atoms with Gasteiger partial charge < -0.3 is 0 Å². The Morgan fingerprint density at radius 2 is 1.78 bits per heavy atom. The molecule has 0 aliphatic carbocycles. The minimum absolute atomic E-state index is 0.0216. The van der Waals surface area contributed by atoms with Crippen LogP contribution in [0.2, 0.25) is 0 Å². The average Bonchev–Trinajstić information content (AvgIpc) is 2.28. The van der Waals surface area contributed by atoms with Gasteiger partial charge in [-0.1, -0.05) is 58.0 Å². The zero-order chi connectivity index (χ0) is 13.8. The van der Waals surface area contributed by atoms with Crippen LogP contribution >= 0.6 is 0 Å². The molecular formula is C16H25NO. The second kappa shape index (κ2) is 6.14. The highest BCUT2D eigenvalue weighted by atomic mass is 16.1. The Bertz CT molecular complexity index is 378. The first kappa shape index (κ1) is 14.9. The lowest BCUT2D eigenvalue weighted by Gasteiger charge is -2.32. The third-order valence-corrected chi connectivity index (χ3v) is 3.00. The van der Waals surface area contributed by atoms with E-state index in [9.17, 15) is 4.79 Å². The molecule has 2 heteroatoms. The van der Waals surface area contributed by atoms with Gasteiger partial charge in [-0.25, -0.2) is 0 Å². The molecule has 0 amide bonds. The lowest BCUT2D eigenvalue weighted by Crippen LogP contribution is -2.42. The van der Waals surface area contributed by atoms with Crippen LogP contribution in [0.15, 0.2) is 30.3 Å². The summed E-state index contributed by atoms with van der Waals surface area (Å²) in [4.78, 5) is 14.6. The molecule has 100 valence electrons. The van der Waals surface area contributed by atoms with Crippen LogP contribution in [0.1, 0.15) is 44.5 Å². The van der Waals surface area contributed by atoms with E-state index in [2.05, 4.69) is 32.6 Å². The van der Waals surface area contributed by atoms with E-state index in [1.807, 2.05) is 37.4 Å². The molecule has 1 rings (SSSR count). The van der Waals surface area contributed by atoms with Crippen LogP contribution in [0.25, 0.3) is 0 Å². The maximum absolute atomic E-state index is 12.5. The Kier molecular flexibility index (Phi) is 5.09. The molecule has 1 aromatic carbocycles. The fraction of sp³-hybridized carbons (Fsp3) is 0.562. The van der Waals surface area contributed by atoms with Gasteiger partial charge in [-0.15, -0.1) is 0 Å². The summed E-state index contributed by atoms with van der Waals surface area (Å²) in [5.74, 6) is 0.227. The van der Waals surface area contributed by atoms with Gasteiger partial charge in [0.05, 0.1) is 6.04 Å². The average molecular weight is 247 g/mol. The first-order valence-corrected chi connectivity index (χ1v) is 6.64. The molecule has 0 saturated heterocycles.